The molecule has 0 aliphatic heterocycles. The number of carboxylic acids is 1. The van der Waals surface area contributed by atoms with Gasteiger partial charge in [-0.25, -0.2) is 0 Å². The number of Topliss-reactive ketones (excluding diaryl/α,β-unsaturated/α-hetero) is 1. The average molecular weight is 162 g/mol. The van der Waals surface area contributed by atoms with Crippen molar-refractivity contribution in [1.82, 2.24) is 0 Å². The van der Waals surface area contributed by atoms with Crippen LogP contribution in [0, 0.1) is 0 Å². The Morgan fingerprint density at radius 1 is 1.40 bits per heavy atom. The lowest BCUT2D eigenvalue weighted by atomic mass is 10.3. The molecule has 0 aliphatic rings. The van der Waals surface area contributed by atoms with Gasteiger partial charge in [-0.1, -0.05) is 0 Å². The number of hydrogen-bond acceptors (Lipinski definition) is 3. The Balaban J connectivity index is 3.50. The predicted molar refractivity (Wildman–Crippen MR) is 38.7 cm³/mol. The molecule has 0 radical (unpaired) electrons. The van der Waals surface area contributed by atoms with Crippen LogP contribution in [0.25, 0.3) is 0 Å². The van der Waals surface area contributed by atoms with Crippen LogP contribution in [0.3, 0.4) is 0 Å². The fraction of sp³-hybridized carbons (Fsp3) is 0.667. The molecule has 4 heteroatoms. The monoisotopic (exact) mass is 162 g/mol. The van der Waals surface area contributed by atoms with Crippen LogP contribution in [0.4, 0.5) is 0 Å². The van der Waals surface area contributed by atoms with Crippen LogP contribution in [0.1, 0.15) is 6.42 Å². The molecule has 0 heterocycles. The van der Waals surface area contributed by atoms with Gasteiger partial charge in [-0.3, -0.25) is 4.79 Å². The summed E-state index contributed by atoms with van der Waals surface area (Å²) in [6.07, 6.45) is 4.03. The molecule has 0 aromatic rings. The van der Waals surface area contributed by atoms with Crippen molar-refractivity contribution in [2.75, 3.05) is 18.3 Å². The van der Waals surface area contributed by atoms with E-state index < -0.39 is 11.8 Å². The van der Waals surface area contributed by atoms with E-state index in [2.05, 4.69) is 0 Å². The molecule has 0 spiro atoms. The van der Waals surface area contributed by atoms with E-state index in [1.807, 2.05) is 12.5 Å². The lowest BCUT2D eigenvalue weighted by molar-refractivity contribution is -0.299. The summed E-state index contributed by atoms with van der Waals surface area (Å²) in [5, 5.41) is 9.85. The quantitative estimate of drug-likeness (QED) is 0.376. The first-order valence-corrected chi connectivity index (χ1v) is 5.03. The third-order valence-electron chi connectivity index (χ3n) is 0.965. The van der Waals surface area contributed by atoms with Crippen LogP contribution in [-0.4, -0.2) is 30.0 Å². The summed E-state index contributed by atoms with van der Waals surface area (Å²) in [5.41, 5.74) is 0. The Bertz CT molecular complexity index is 142. The van der Waals surface area contributed by atoms with Crippen LogP contribution < -0.4 is 5.11 Å². The van der Waals surface area contributed by atoms with Crippen molar-refractivity contribution < 1.29 is 14.7 Å². The Kier molecular flexibility index (Phi) is 4.11. The molecule has 0 aliphatic carbocycles. The number of hydrogen-bond donors (Lipinski definition) is 0. The van der Waals surface area contributed by atoms with Gasteiger partial charge in [0.25, 0.3) is 0 Å². The molecule has 0 bridgehead atoms. The SMILES string of the molecule is C[S+](C)CCC(=O)C(=O)[O-]. The highest BCUT2D eigenvalue weighted by Crippen LogP contribution is 1.89. The molecule has 0 unspecified atom stereocenters. The fourth-order valence-electron chi connectivity index (χ4n) is 0.399. The first-order valence-electron chi connectivity index (χ1n) is 2.82. The van der Waals surface area contributed by atoms with Crippen molar-refractivity contribution in [2.45, 2.75) is 6.42 Å². The average Bonchev–Trinajstić information content (AvgIpc) is 1.82. The summed E-state index contributed by atoms with van der Waals surface area (Å²) in [6.45, 7) is 0. The molecule has 0 amide bonds. The normalized spacial score (nSPS) is 9.90. The number of rotatable bonds is 4. The summed E-state index contributed by atoms with van der Waals surface area (Å²) in [6, 6.07) is 0. The fourth-order valence-corrected chi connectivity index (χ4v) is 0.993. The van der Waals surface area contributed by atoms with E-state index >= 15 is 0 Å². The number of ketones is 1. The summed E-state index contributed by atoms with van der Waals surface area (Å²) in [5.74, 6) is -1.71. The van der Waals surface area contributed by atoms with E-state index in [-0.39, 0.29) is 17.3 Å². The highest BCUT2D eigenvalue weighted by atomic mass is 32.2. The first kappa shape index (κ1) is 9.49. The third-order valence-corrected chi connectivity index (χ3v) is 1.99. The minimum Gasteiger partial charge on any atom is -0.542 e. The van der Waals surface area contributed by atoms with Crippen LogP contribution in [-0.2, 0) is 20.5 Å². The van der Waals surface area contributed by atoms with Gasteiger partial charge in [0.05, 0.1) is 18.9 Å². The predicted octanol–water partition coefficient (Wildman–Crippen LogP) is -1.43. The highest BCUT2D eigenvalue weighted by Gasteiger charge is 2.08. The standard InChI is InChI=1S/C6H10O3S/c1-10(2)4-3-5(7)6(8)9/h3-4H2,1-2H3. The van der Waals surface area contributed by atoms with Gasteiger partial charge >= 0.3 is 0 Å². The van der Waals surface area contributed by atoms with Gasteiger partial charge in [-0.2, -0.15) is 0 Å². The van der Waals surface area contributed by atoms with E-state index in [0.717, 1.165) is 0 Å². The van der Waals surface area contributed by atoms with E-state index in [1.165, 1.54) is 0 Å². The third kappa shape index (κ3) is 4.38. The maximum absolute atomic E-state index is 10.4. The van der Waals surface area contributed by atoms with E-state index in [4.69, 9.17) is 0 Å². The molecule has 0 aromatic heterocycles. The van der Waals surface area contributed by atoms with Crippen molar-refractivity contribution in [2.24, 2.45) is 0 Å². The Morgan fingerprint density at radius 3 is 2.20 bits per heavy atom. The van der Waals surface area contributed by atoms with Crippen molar-refractivity contribution in [3.63, 3.8) is 0 Å². The Hall–Kier alpha value is -0.510. The molecule has 58 valence electrons. The number of carbonyl (C=O) groups excluding carboxylic acids is 2. The maximum Gasteiger partial charge on any atom is 0.182 e. The molecular formula is C6H10O3S. The summed E-state index contributed by atoms with van der Waals surface area (Å²) < 4.78 is 0. The van der Waals surface area contributed by atoms with Crippen molar-refractivity contribution in [3.05, 3.63) is 0 Å². The van der Waals surface area contributed by atoms with Crippen LogP contribution in [0.5, 0.6) is 0 Å². The van der Waals surface area contributed by atoms with Gasteiger partial charge in [0.1, 0.15) is 11.7 Å². The molecule has 0 N–H and O–H groups in total. The molecule has 0 aromatic carbocycles. The summed E-state index contributed by atoms with van der Waals surface area (Å²) >= 11 is 0. The van der Waals surface area contributed by atoms with E-state index in [9.17, 15) is 14.7 Å². The van der Waals surface area contributed by atoms with Gasteiger partial charge in [0, 0.05) is 0 Å². The zero-order valence-corrected chi connectivity index (χ0v) is 6.86. The molecule has 0 atom stereocenters. The van der Waals surface area contributed by atoms with Crippen LogP contribution in [0.15, 0.2) is 0 Å². The largest absolute Gasteiger partial charge is 0.542 e. The Labute approximate surface area is 62.8 Å². The highest BCUT2D eigenvalue weighted by molar-refractivity contribution is 7.95. The number of carbonyl (C=O) groups is 2. The van der Waals surface area contributed by atoms with Gasteiger partial charge in [-0.05, 0) is 10.9 Å². The second-order valence-corrected chi connectivity index (χ2v) is 4.53. The van der Waals surface area contributed by atoms with Gasteiger partial charge < -0.3 is 9.90 Å². The van der Waals surface area contributed by atoms with Crippen LogP contribution >= 0.6 is 0 Å². The van der Waals surface area contributed by atoms with Gasteiger partial charge in [0.15, 0.2) is 5.78 Å². The summed E-state index contributed by atoms with van der Waals surface area (Å²) in [7, 11) is 0.135. The van der Waals surface area contributed by atoms with Gasteiger partial charge in [-0.15, -0.1) is 0 Å². The van der Waals surface area contributed by atoms with Gasteiger partial charge in [0.2, 0.25) is 0 Å². The molecule has 0 saturated heterocycles. The zero-order chi connectivity index (χ0) is 8.15. The van der Waals surface area contributed by atoms with E-state index in [0.29, 0.717) is 5.75 Å². The zero-order valence-electron chi connectivity index (χ0n) is 6.05. The minimum atomic E-state index is -1.56. The lowest BCUT2D eigenvalue weighted by Gasteiger charge is -1.98. The summed E-state index contributed by atoms with van der Waals surface area (Å²) in [4.78, 5) is 20.2. The molecule has 0 rings (SSSR count). The second-order valence-electron chi connectivity index (χ2n) is 2.15. The lowest BCUT2D eigenvalue weighted by Crippen LogP contribution is -2.32. The second kappa shape index (κ2) is 4.33. The first-order chi connectivity index (χ1) is 4.54. The number of aliphatic carboxylic acids is 1. The minimum absolute atomic E-state index is 0.110. The Morgan fingerprint density at radius 2 is 1.90 bits per heavy atom. The topological polar surface area (TPSA) is 57.2 Å². The van der Waals surface area contributed by atoms with Crippen molar-refractivity contribution in [3.8, 4) is 0 Å². The molecule has 0 saturated carbocycles. The van der Waals surface area contributed by atoms with E-state index in [1.54, 1.807) is 0 Å². The molecule has 0 fully saturated rings. The molecule has 10 heavy (non-hydrogen) atoms. The van der Waals surface area contributed by atoms with Crippen molar-refractivity contribution >= 4 is 22.6 Å². The number of carboxylic acid groups (broad SMARTS) is 1. The molecule has 3 nitrogen and oxygen atoms in total. The maximum atomic E-state index is 10.4. The van der Waals surface area contributed by atoms with Crippen molar-refractivity contribution in [1.29, 1.82) is 0 Å². The van der Waals surface area contributed by atoms with Crippen LogP contribution in [0.2, 0.25) is 0 Å². The smallest absolute Gasteiger partial charge is 0.182 e. The molecular weight excluding hydrogens is 152 g/mol.